The Balaban J connectivity index is 2.28. The molecule has 84 valence electrons. The van der Waals surface area contributed by atoms with Gasteiger partial charge >= 0.3 is 0 Å². The second-order valence-corrected chi connectivity index (χ2v) is 3.93. The lowest BCUT2D eigenvalue weighted by Crippen LogP contribution is -1.93. The number of nitrogens with zero attached hydrogens (tertiary/aromatic N) is 2. The maximum Gasteiger partial charge on any atom is 0.144 e. The Labute approximate surface area is 98.5 Å². The van der Waals surface area contributed by atoms with Gasteiger partial charge in [0, 0.05) is 17.4 Å². The monoisotopic (exact) mass is 224 g/mol. The molecule has 0 spiro atoms. The fourth-order valence-corrected chi connectivity index (χ4v) is 1.93. The van der Waals surface area contributed by atoms with Gasteiger partial charge in [0.1, 0.15) is 5.82 Å². The Morgan fingerprint density at radius 3 is 2.76 bits per heavy atom. The van der Waals surface area contributed by atoms with Crippen molar-refractivity contribution in [2.45, 2.75) is 0 Å². The fraction of sp³-hybridized carbons (Fsp3) is 0. The van der Waals surface area contributed by atoms with E-state index in [1.54, 1.807) is 6.20 Å². The van der Waals surface area contributed by atoms with Gasteiger partial charge in [-0.25, -0.2) is 4.98 Å². The minimum Gasteiger partial charge on any atom is -0.399 e. The number of imidazole rings is 1. The molecule has 1 aromatic carbocycles. The van der Waals surface area contributed by atoms with Crippen LogP contribution in [0, 0.1) is 0 Å². The van der Waals surface area contributed by atoms with E-state index in [9.17, 15) is 0 Å². The van der Waals surface area contributed by atoms with Crippen molar-refractivity contribution in [1.29, 1.82) is 0 Å². The molecule has 0 amide bonds. The Morgan fingerprint density at radius 1 is 1.06 bits per heavy atom. The zero-order valence-electron chi connectivity index (χ0n) is 9.17. The highest BCUT2D eigenvalue weighted by molar-refractivity contribution is 5.73. The zero-order chi connectivity index (χ0) is 11.8. The number of pyridine rings is 1. The quantitative estimate of drug-likeness (QED) is 0.622. The molecule has 2 aromatic heterocycles. The van der Waals surface area contributed by atoms with Gasteiger partial charge in [0.05, 0.1) is 17.4 Å². The van der Waals surface area contributed by atoms with Crippen LogP contribution in [0.1, 0.15) is 0 Å². The van der Waals surface area contributed by atoms with E-state index >= 15 is 0 Å². The van der Waals surface area contributed by atoms with Crippen LogP contribution in [-0.2, 0) is 0 Å². The van der Waals surface area contributed by atoms with Crippen LogP contribution in [0.3, 0.4) is 0 Å². The zero-order valence-corrected chi connectivity index (χ0v) is 9.17. The topological polar surface area (TPSA) is 69.3 Å². The SMILES string of the molecule is Nc1cccc(-c2ncc3c(N)cccn23)c1. The van der Waals surface area contributed by atoms with E-state index in [0.29, 0.717) is 0 Å². The highest BCUT2D eigenvalue weighted by atomic mass is 15.0. The number of fused-ring (bicyclic) bond motifs is 1. The van der Waals surface area contributed by atoms with Crippen LogP contribution in [0.25, 0.3) is 16.9 Å². The molecule has 0 saturated carbocycles. The molecule has 0 aliphatic heterocycles. The predicted octanol–water partition coefficient (Wildman–Crippen LogP) is 2.17. The molecule has 0 saturated heterocycles. The summed E-state index contributed by atoms with van der Waals surface area (Å²) in [6.45, 7) is 0. The van der Waals surface area contributed by atoms with E-state index in [0.717, 1.165) is 28.3 Å². The summed E-state index contributed by atoms with van der Waals surface area (Å²) in [5.74, 6) is 0.847. The maximum atomic E-state index is 5.89. The molecule has 4 N–H and O–H groups in total. The molecule has 0 aliphatic rings. The van der Waals surface area contributed by atoms with E-state index < -0.39 is 0 Å². The third-order valence-electron chi connectivity index (χ3n) is 2.75. The average molecular weight is 224 g/mol. The summed E-state index contributed by atoms with van der Waals surface area (Å²) in [6, 6.07) is 11.4. The summed E-state index contributed by atoms with van der Waals surface area (Å²) in [5.41, 5.74) is 15.0. The number of rotatable bonds is 1. The van der Waals surface area contributed by atoms with Gasteiger partial charge in [0.15, 0.2) is 0 Å². The van der Waals surface area contributed by atoms with Gasteiger partial charge in [-0.1, -0.05) is 12.1 Å². The molecule has 0 atom stereocenters. The van der Waals surface area contributed by atoms with Crippen LogP contribution in [-0.4, -0.2) is 9.38 Å². The number of nitrogen functional groups attached to an aromatic ring is 2. The molecule has 2 heterocycles. The summed E-state index contributed by atoms with van der Waals surface area (Å²) >= 11 is 0. The van der Waals surface area contributed by atoms with Crippen LogP contribution in [0.5, 0.6) is 0 Å². The first kappa shape index (κ1) is 9.72. The van der Waals surface area contributed by atoms with Gasteiger partial charge in [0.2, 0.25) is 0 Å². The number of nitrogens with two attached hydrogens (primary N) is 2. The molecular formula is C13H12N4. The third kappa shape index (κ3) is 1.50. The fourth-order valence-electron chi connectivity index (χ4n) is 1.93. The van der Waals surface area contributed by atoms with E-state index in [1.165, 1.54) is 0 Å². The highest BCUT2D eigenvalue weighted by Gasteiger charge is 2.07. The van der Waals surface area contributed by atoms with Crippen molar-refractivity contribution in [3.8, 4) is 11.4 Å². The summed E-state index contributed by atoms with van der Waals surface area (Å²) < 4.78 is 1.96. The molecule has 3 rings (SSSR count). The minimum absolute atomic E-state index is 0.718. The summed E-state index contributed by atoms with van der Waals surface area (Å²) in [5, 5.41) is 0. The Hall–Kier alpha value is -2.49. The molecular weight excluding hydrogens is 212 g/mol. The van der Waals surface area contributed by atoms with Crippen molar-refractivity contribution in [1.82, 2.24) is 9.38 Å². The van der Waals surface area contributed by atoms with Gasteiger partial charge in [-0.3, -0.25) is 4.40 Å². The van der Waals surface area contributed by atoms with E-state index in [2.05, 4.69) is 4.98 Å². The lowest BCUT2D eigenvalue weighted by molar-refractivity contribution is 1.16. The Kier molecular flexibility index (Phi) is 2.01. The summed E-state index contributed by atoms with van der Waals surface area (Å²) in [4.78, 5) is 4.39. The van der Waals surface area contributed by atoms with Gasteiger partial charge in [-0.15, -0.1) is 0 Å². The van der Waals surface area contributed by atoms with Crippen LogP contribution in [0.4, 0.5) is 11.4 Å². The molecule has 0 radical (unpaired) electrons. The number of hydrogen-bond donors (Lipinski definition) is 2. The van der Waals surface area contributed by atoms with Crippen molar-refractivity contribution in [2.75, 3.05) is 11.5 Å². The molecule has 4 heteroatoms. The number of aromatic nitrogens is 2. The second-order valence-electron chi connectivity index (χ2n) is 3.93. The maximum absolute atomic E-state index is 5.89. The van der Waals surface area contributed by atoms with Crippen LogP contribution < -0.4 is 11.5 Å². The highest BCUT2D eigenvalue weighted by Crippen LogP contribution is 2.23. The molecule has 4 nitrogen and oxygen atoms in total. The molecule has 3 aromatic rings. The first-order chi connectivity index (χ1) is 8.25. The number of hydrogen-bond acceptors (Lipinski definition) is 3. The normalized spacial score (nSPS) is 10.8. The largest absolute Gasteiger partial charge is 0.399 e. The predicted molar refractivity (Wildman–Crippen MR) is 69.5 cm³/mol. The lowest BCUT2D eigenvalue weighted by Gasteiger charge is -2.03. The molecule has 0 bridgehead atoms. The van der Waals surface area contributed by atoms with Crippen molar-refractivity contribution in [3.05, 3.63) is 48.8 Å². The number of anilines is 2. The Morgan fingerprint density at radius 2 is 1.94 bits per heavy atom. The standard InChI is InChI=1S/C13H12N4/c14-10-4-1-3-9(7-10)13-16-8-12-11(15)5-2-6-17(12)13/h1-8H,14-15H2. The summed E-state index contributed by atoms with van der Waals surface area (Å²) in [6.07, 6.45) is 3.71. The van der Waals surface area contributed by atoms with Crippen molar-refractivity contribution in [2.24, 2.45) is 0 Å². The van der Waals surface area contributed by atoms with Gasteiger partial charge < -0.3 is 11.5 Å². The van der Waals surface area contributed by atoms with Gasteiger partial charge in [-0.05, 0) is 24.3 Å². The molecule has 0 unspecified atom stereocenters. The summed E-state index contributed by atoms with van der Waals surface area (Å²) in [7, 11) is 0. The van der Waals surface area contributed by atoms with E-state index in [4.69, 9.17) is 11.5 Å². The second kappa shape index (κ2) is 3.52. The molecule has 0 fully saturated rings. The van der Waals surface area contributed by atoms with Gasteiger partial charge in [0.25, 0.3) is 0 Å². The number of benzene rings is 1. The molecule has 17 heavy (non-hydrogen) atoms. The van der Waals surface area contributed by atoms with Crippen LogP contribution in [0.15, 0.2) is 48.8 Å². The smallest absolute Gasteiger partial charge is 0.144 e. The van der Waals surface area contributed by atoms with Crippen molar-refractivity contribution in [3.63, 3.8) is 0 Å². The molecule has 0 aliphatic carbocycles. The van der Waals surface area contributed by atoms with Crippen LogP contribution in [0.2, 0.25) is 0 Å². The first-order valence-electron chi connectivity index (χ1n) is 5.33. The van der Waals surface area contributed by atoms with Crippen molar-refractivity contribution >= 4 is 16.9 Å². The van der Waals surface area contributed by atoms with E-state index in [-0.39, 0.29) is 0 Å². The van der Waals surface area contributed by atoms with Crippen molar-refractivity contribution < 1.29 is 0 Å². The Bertz CT molecular complexity index is 685. The first-order valence-corrected chi connectivity index (χ1v) is 5.33. The van der Waals surface area contributed by atoms with E-state index in [1.807, 2.05) is 47.0 Å². The lowest BCUT2D eigenvalue weighted by atomic mass is 10.2. The average Bonchev–Trinajstić information content (AvgIpc) is 2.74. The van der Waals surface area contributed by atoms with Crippen LogP contribution >= 0.6 is 0 Å². The minimum atomic E-state index is 0.718. The third-order valence-corrected chi connectivity index (χ3v) is 2.75. The van der Waals surface area contributed by atoms with Gasteiger partial charge in [-0.2, -0.15) is 0 Å².